The zero-order valence-corrected chi connectivity index (χ0v) is 16.8. The Hall–Kier alpha value is -2.32. The molecule has 0 aliphatic rings. The van der Waals surface area contributed by atoms with Crippen LogP contribution in [0.1, 0.15) is 39.7 Å². The van der Waals surface area contributed by atoms with Gasteiger partial charge in [0, 0.05) is 17.8 Å². The molecule has 0 aliphatic heterocycles. The number of benzene rings is 2. The van der Waals surface area contributed by atoms with E-state index in [2.05, 4.69) is 4.98 Å². The van der Waals surface area contributed by atoms with Crippen molar-refractivity contribution in [3.05, 3.63) is 48.0 Å². The molecule has 0 saturated heterocycles. The number of alkyl halides is 3. The van der Waals surface area contributed by atoms with E-state index in [1.54, 1.807) is 6.07 Å². The van der Waals surface area contributed by atoms with Crippen LogP contribution in [0, 0.1) is 0 Å². The van der Waals surface area contributed by atoms with Crippen LogP contribution in [0.15, 0.2) is 46.9 Å². The number of hydrogen-bond acceptors (Lipinski definition) is 4. The Morgan fingerprint density at radius 3 is 2.31 bits per heavy atom. The molecule has 0 bridgehead atoms. The summed E-state index contributed by atoms with van der Waals surface area (Å²) < 4.78 is 55.9. The first-order valence-corrected chi connectivity index (χ1v) is 9.50. The topological polar surface area (TPSA) is 44.5 Å². The van der Waals surface area contributed by atoms with Crippen LogP contribution in [0.2, 0.25) is 0 Å². The lowest BCUT2D eigenvalue weighted by Crippen LogP contribution is -2.43. The fourth-order valence-corrected chi connectivity index (χ4v) is 2.74. The monoisotopic (exact) mass is 405 g/mol. The van der Waals surface area contributed by atoms with E-state index < -0.39 is 18.9 Å². The van der Waals surface area contributed by atoms with Crippen LogP contribution in [0.25, 0.3) is 22.6 Å². The Kier molecular flexibility index (Phi) is 6.05. The average Bonchev–Trinajstić information content (AvgIpc) is 3.10. The first-order valence-electron chi connectivity index (χ1n) is 9.50. The highest BCUT2D eigenvalue weighted by Crippen LogP contribution is 2.31. The average molecular weight is 405 g/mol. The third-order valence-electron chi connectivity index (χ3n) is 4.74. The third kappa shape index (κ3) is 5.00. The molecule has 4 nitrogen and oxygen atoms in total. The van der Waals surface area contributed by atoms with Gasteiger partial charge < -0.3 is 13.7 Å². The lowest BCUT2D eigenvalue weighted by molar-refractivity contribution is -0.137. The highest BCUT2D eigenvalue weighted by molar-refractivity contribution is 6.61. The number of aromatic nitrogens is 1. The Morgan fingerprint density at radius 2 is 1.72 bits per heavy atom. The van der Waals surface area contributed by atoms with Gasteiger partial charge in [0.25, 0.3) is 0 Å². The summed E-state index contributed by atoms with van der Waals surface area (Å²) in [6, 6.07) is 10.2. The van der Waals surface area contributed by atoms with Crippen molar-refractivity contribution in [2.45, 2.75) is 45.9 Å². The molecule has 0 aliphatic carbocycles. The molecular formula is C21H23BF3NO3. The van der Waals surface area contributed by atoms with E-state index in [-0.39, 0.29) is 11.5 Å². The zero-order valence-electron chi connectivity index (χ0n) is 16.8. The lowest BCUT2D eigenvalue weighted by Gasteiger charge is -2.28. The SMILES string of the molecule is CCOB(OC(C)(C)CC)c1ccc2oc(-c3ccc(C(F)(F)F)cc3)nc2c1. The van der Waals surface area contributed by atoms with Crippen molar-refractivity contribution >= 4 is 23.7 Å². The zero-order chi connectivity index (χ0) is 21.2. The van der Waals surface area contributed by atoms with Crippen molar-refractivity contribution in [3.8, 4) is 11.5 Å². The van der Waals surface area contributed by atoms with Gasteiger partial charge in [0.05, 0.1) is 5.56 Å². The van der Waals surface area contributed by atoms with Crippen molar-refractivity contribution in [2.24, 2.45) is 0 Å². The van der Waals surface area contributed by atoms with Gasteiger partial charge in [-0.05, 0) is 69.1 Å². The molecule has 3 aromatic rings. The smallest absolute Gasteiger partial charge is 0.436 e. The summed E-state index contributed by atoms with van der Waals surface area (Å²) in [6.07, 6.45) is -3.56. The number of oxazole rings is 1. The molecule has 0 amide bonds. The lowest BCUT2D eigenvalue weighted by atomic mass is 9.77. The summed E-state index contributed by atoms with van der Waals surface area (Å²) in [7, 11) is -0.550. The predicted octanol–water partition coefficient (Wildman–Crippen LogP) is 5.45. The number of hydrogen-bond donors (Lipinski definition) is 0. The summed E-state index contributed by atoms with van der Waals surface area (Å²) in [5, 5.41) is 0. The molecule has 154 valence electrons. The third-order valence-corrected chi connectivity index (χ3v) is 4.74. The molecule has 0 radical (unpaired) electrons. The maximum absolute atomic E-state index is 12.8. The van der Waals surface area contributed by atoms with E-state index in [9.17, 15) is 13.2 Å². The normalized spacial score (nSPS) is 12.5. The van der Waals surface area contributed by atoms with E-state index >= 15 is 0 Å². The van der Waals surface area contributed by atoms with Crippen LogP contribution in [-0.4, -0.2) is 24.3 Å². The molecule has 2 aromatic carbocycles. The largest absolute Gasteiger partial charge is 0.494 e. The molecule has 1 aromatic heterocycles. The van der Waals surface area contributed by atoms with Crippen molar-refractivity contribution in [2.75, 3.05) is 6.61 Å². The Labute approximate surface area is 168 Å². The highest BCUT2D eigenvalue weighted by atomic mass is 19.4. The molecule has 0 unspecified atom stereocenters. The van der Waals surface area contributed by atoms with Gasteiger partial charge in [-0.2, -0.15) is 13.2 Å². The fraction of sp³-hybridized carbons (Fsp3) is 0.381. The number of halogens is 3. The van der Waals surface area contributed by atoms with Gasteiger partial charge >= 0.3 is 13.3 Å². The van der Waals surface area contributed by atoms with Gasteiger partial charge in [-0.25, -0.2) is 4.98 Å². The number of nitrogens with zero attached hydrogens (tertiary/aromatic N) is 1. The second kappa shape index (κ2) is 8.20. The minimum Gasteiger partial charge on any atom is -0.436 e. The Bertz CT molecular complexity index is 967. The summed E-state index contributed by atoms with van der Waals surface area (Å²) in [5.74, 6) is 0.258. The van der Waals surface area contributed by atoms with Crippen molar-refractivity contribution in [3.63, 3.8) is 0 Å². The molecule has 0 fully saturated rings. The van der Waals surface area contributed by atoms with Crippen LogP contribution < -0.4 is 5.46 Å². The van der Waals surface area contributed by atoms with Gasteiger partial charge in [0.15, 0.2) is 5.58 Å². The van der Waals surface area contributed by atoms with E-state index in [1.165, 1.54) is 12.1 Å². The van der Waals surface area contributed by atoms with E-state index in [0.29, 0.717) is 23.3 Å². The molecule has 0 spiro atoms. The molecule has 29 heavy (non-hydrogen) atoms. The van der Waals surface area contributed by atoms with Gasteiger partial charge in [-0.3, -0.25) is 0 Å². The summed E-state index contributed by atoms with van der Waals surface area (Å²) in [4.78, 5) is 4.44. The molecule has 8 heteroatoms. The van der Waals surface area contributed by atoms with Crippen molar-refractivity contribution in [1.29, 1.82) is 0 Å². The molecule has 3 rings (SSSR count). The minimum atomic E-state index is -4.38. The first-order chi connectivity index (χ1) is 13.6. The maximum Gasteiger partial charge on any atom is 0.494 e. The molecule has 0 N–H and O–H groups in total. The summed E-state index contributed by atoms with van der Waals surface area (Å²) in [5.41, 5.74) is 1.32. The van der Waals surface area contributed by atoms with Gasteiger partial charge in [-0.15, -0.1) is 0 Å². The maximum atomic E-state index is 12.8. The van der Waals surface area contributed by atoms with Crippen LogP contribution in [0.3, 0.4) is 0 Å². The van der Waals surface area contributed by atoms with Crippen molar-refractivity contribution < 1.29 is 26.9 Å². The second-order valence-electron chi connectivity index (χ2n) is 7.34. The van der Waals surface area contributed by atoms with Gasteiger partial charge in [0.2, 0.25) is 5.89 Å². The second-order valence-corrected chi connectivity index (χ2v) is 7.34. The predicted molar refractivity (Wildman–Crippen MR) is 107 cm³/mol. The molecule has 1 heterocycles. The van der Waals surface area contributed by atoms with Gasteiger partial charge in [0.1, 0.15) is 5.52 Å². The van der Waals surface area contributed by atoms with Crippen LogP contribution >= 0.6 is 0 Å². The standard InChI is InChI=1S/C21H23BF3NO3/c1-5-20(3,4)29-22(27-6-2)16-11-12-18-17(13-16)26-19(28-18)14-7-9-15(10-8-14)21(23,24)25/h7-13H,5-6H2,1-4H3. The number of fused-ring (bicyclic) bond motifs is 1. The first kappa shape index (κ1) is 21.4. The van der Waals surface area contributed by atoms with E-state index in [0.717, 1.165) is 24.0 Å². The minimum absolute atomic E-state index is 0.258. The summed E-state index contributed by atoms with van der Waals surface area (Å²) >= 11 is 0. The molecule has 0 saturated carbocycles. The summed E-state index contributed by atoms with van der Waals surface area (Å²) in [6.45, 7) is 8.41. The Balaban J connectivity index is 1.91. The van der Waals surface area contributed by atoms with E-state index in [4.69, 9.17) is 13.7 Å². The Morgan fingerprint density at radius 1 is 1.03 bits per heavy atom. The van der Waals surface area contributed by atoms with Gasteiger partial charge in [-0.1, -0.05) is 13.0 Å². The van der Waals surface area contributed by atoms with Crippen LogP contribution in [-0.2, 0) is 15.5 Å². The number of rotatable bonds is 7. The van der Waals surface area contributed by atoms with Crippen molar-refractivity contribution in [1.82, 2.24) is 4.98 Å². The van der Waals surface area contributed by atoms with Crippen LogP contribution in [0.4, 0.5) is 13.2 Å². The van der Waals surface area contributed by atoms with Crippen LogP contribution in [0.5, 0.6) is 0 Å². The molecule has 0 atom stereocenters. The highest BCUT2D eigenvalue weighted by Gasteiger charge is 2.31. The fourth-order valence-electron chi connectivity index (χ4n) is 2.74. The molecular weight excluding hydrogens is 382 g/mol. The van der Waals surface area contributed by atoms with E-state index in [1.807, 2.05) is 39.8 Å². The quantitative estimate of drug-likeness (QED) is 0.491.